The molecule has 4 aromatic carbocycles. The largest absolute Gasteiger partial charge is 0.508 e. The fourth-order valence-corrected chi connectivity index (χ4v) is 10.1. The van der Waals surface area contributed by atoms with E-state index in [1.807, 2.05) is 48.5 Å². The normalized spacial score (nSPS) is 23.4. The van der Waals surface area contributed by atoms with Gasteiger partial charge < -0.3 is 62.8 Å². The molecule has 77 heavy (non-hydrogen) atoms. The van der Waals surface area contributed by atoms with E-state index in [0.29, 0.717) is 19.4 Å². The van der Waals surface area contributed by atoms with Gasteiger partial charge in [-0.25, -0.2) is 0 Å². The Morgan fingerprint density at radius 3 is 1.99 bits per heavy atom. The number of aromatic hydroxyl groups is 1. The van der Waals surface area contributed by atoms with Crippen LogP contribution in [0.15, 0.2) is 97.1 Å². The molecule has 19 heteroatoms. The lowest BCUT2D eigenvalue weighted by Crippen LogP contribution is -2.61. The number of ether oxygens (including phenoxy) is 1. The van der Waals surface area contributed by atoms with Gasteiger partial charge in [-0.15, -0.1) is 0 Å². The maximum Gasteiger partial charge on any atom is 0.251 e. The molecule has 3 heterocycles. The number of nitrogens with one attached hydrogen (secondary N) is 5. The molecule has 0 spiro atoms. The minimum atomic E-state index is -1.54. The second kappa shape index (κ2) is 27.6. The SMILES string of the molecule is CCCCCOc1ccc(-c2ccc(-c3ccc(C(=O)N[C@H]4CCCNC(=O)[C@@H]5CC(N)CN5C(=O)[C@H](CCCN)NC(=O)[C@H](CCc5ccc(O)cc5)NC(=O)[C@@H]5CCCN5C(=O)[C@H](C(C)O)NC4=O)cc3)cc2)cc1. The third-order valence-corrected chi connectivity index (χ3v) is 14.6. The molecule has 11 N–H and O–H groups in total. The van der Waals surface area contributed by atoms with Crippen molar-refractivity contribution in [3.8, 4) is 33.8 Å². The van der Waals surface area contributed by atoms with Crippen molar-refractivity contribution in [2.24, 2.45) is 11.5 Å². The zero-order valence-corrected chi connectivity index (χ0v) is 44.1. The average Bonchev–Trinajstić information content (AvgIpc) is 4.12. The predicted molar refractivity (Wildman–Crippen MR) is 291 cm³/mol. The number of amides is 7. The number of phenols is 1. The summed E-state index contributed by atoms with van der Waals surface area (Å²) in [7, 11) is 0. The zero-order chi connectivity index (χ0) is 55.0. The second-order valence-corrected chi connectivity index (χ2v) is 20.4. The molecule has 4 aromatic rings. The molecule has 3 saturated heterocycles. The minimum Gasteiger partial charge on any atom is -0.508 e. The number of benzene rings is 4. The lowest BCUT2D eigenvalue weighted by Gasteiger charge is -2.32. The van der Waals surface area contributed by atoms with E-state index >= 15 is 0 Å². The number of rotatable bonds is 16. The summed E-state index contributed by atoms with van der Waals surface area (Å²) in [5.41, 5.74) is 17.1. The molecule has 7 amide bonds. The number of hydrogen-bond donors (Lipinski definition) is 9. The first-order valence-electron chi connectivity index (χ1n) is 27.1. The molecule has 0 radical (unpaired) electrons. The van der Waals surface area contributed by atoms with Crippen LogP contribution in [0.4, 0.5) is 0 Å². The molecule has 0 aliphatic carbocycles. The summed E-state index contributed by atoms with van der Waals surface area (Å²) in [6.45, 7) is 4.55. The van der Waals surface area contributed by atoms with E-state index in [9.17, 15) is 43.8 Å². The van der Waals surface area contributed by atoms with E-state index in [-0.39, 0.29) is 82.4 Å². The van der Waals surface area contributed by atoms with Gasteiger partial charge in [0, 0.05) is 31.2 Å². The molecule has 0 aromatic heterocycles. The molecule has 0 saturated carbocycles. The van der Waals surface area contributed by atoms with Crippen LogP contribution in [-0.4, -0.2) is 143 Å². The molecule has 3 aliphatic heterocycles. The molecular weight excluding hydrogens is 983 g/mol. The Morgan fingerprint density at radius 2 is 1.35 bits per heavy atom. The number of unbranched alkanes of at least 4 members (excludes halogenated alkanes) is 2. The van der Waals surface area contributed by atoms with Crippen molar-refractivity contribution >= 4 is 41.4 Å². The summed E-state index contributed by atoms with van der Waals surface area (Å²) in [5.74, 6) is -3.61. The molecule has 412 valence electrons. The number of carbonyl (C=O) groups is 7. The number of hydrogen-bond acceptors (Lipinski definition) is 12. The number of nitrogens with zero attached hydrogens (tertiary/aromatic N) is 2. The van der Waals surface area contributed by atoms with Crippen LogP contribution >= 0.6 is 0 Å². The average molecular weight is 1060 g/mol. The molecule has 3 aliphatic rings. The van der Waals surface area contributed by atoms with Crippen LogP contribution in [0, 0.1) is 0 Å². The number of aliphatic hydroxyl groups is 1. The zero-order valence-electron chi connectivity index (χ0n) is 44.1. The van der Waals surface area contributed by atoms with Gasteiger partial charge in [-0.1, -0.05) is 80.4 Å². The van der Waals surface area contributed by atoms with Crippen molar-refractivity contribution < 1.29 is 48.5 Å². The lowest BCUT2D eigenvalue weighted by atomic mass is 9.99. The minimum absolute atomic E-state index is 0.0159. The Labute approximate surface area is 450 Å². The van der Waals surface area contributed by atoms with Gasteiger partial charge in [-0.2, -0.15) is 0 Å². The molecule has 7 rings (SSSR count). The molecule has 2 unspecified atom stereocenters. The highest BCUT2D eigenvalue weighted by Gasteiger charge is 2.43. The smallest absolute Gasteiger partial charge is 0.251 e. The van der Waals surface area contributed by atoms with Crippen LogP contribution in [0.25, 0.3) is 22.3 Å². The monoisotopic (exact) mass is 1060 g/mol. The van der Waals surface area contributed by atoms with Gasteiger partial charge in [-0.05, 0) is 142 Å². The maximum atomic E-state index is 14.4. The summed E-state index contributed by atoms with van der Waals surface area (Å²) >= 11 is 0. The third-order valence-electron chi connectivity index (χ3n) is 14.6. The summed E-state index contributed by atoms with van der Waals surface area (Å²) in [5, 5.41) is 34.9. The summed E-state index contributed by atoms with van der Waals surface area (Å²) in [4.78, 5) is 102. The number of carbonyl (C=O) groups excluding carboxylic acids is 7. The van der Waals surface area contributed by atoms with Crippen molar-refractivity contribution in [3.63, 3.8) is 0 Å². The first-order chi connectivity index (χ1) is 37.1. The predicted octanol–water partition coefficient (Wildman–Crippen LogP) is 3.43. The van der Waals surface area contributed by atoms with Crippen LogP contribution in [0.1, 0.15) is 100 Å². The Hall–Kier alpha value is -7.35. The van der Waals surface area contributed by atoms with Crippen molar-refractivity contribution in [2.45, 2.75) is 139 Å². The topological polar surface area (TPSA) is 288 Å². The highest BCUT2D eigenvalue weighted by atomic mass is 16.5. The number of aliphatic hydroxyl groups excluding tert-OH is 1. The molecular formula is C58H75N9O10. The van der Waals surface area contributed by atoms with Crippen molar-refractivity contribution in [3.05, 3.63) is 108 Å². The van der Waals surface area contributed by atoms with Crippen LogP contribution in [0.5, 0.6) is 11.5 Å². The highest BCUT2D eigenvalue weighted by Crippen LogP contribution is 2.28. The number of aryl methyl sites for hydroxylation is 1. The van der Waals surface area contributed by atoms with E-state index in [0.717, 1.165) is 52.8 Å². The van der Waals surface area contributed by atoms with Crippen molar-refractivity contribution in [1.82, 2.24) is 36.4 Å². The van der Waals surface area contributed by atoms with Gasteiger partial charge in [-0.3, -0.25) is 33.6 Å². The number of fused-ring (bicyclic) bond motifs is 2. The van der Waals surface area contributed by atoms with Crippen molar-refractivity contribution in [1.29, 1.82) is 0 Å². The van der Waals surface area contributed by atoms with Crippen LogP contribution in [0.3, 0.4) is 0 Å². The number of nitrogens with two attached hydrogens (primary N) is 2. The summed E-state index contributed by atoms with van der Waals surface area (Å²) in [6.07, 6.45) is 3.55. The Balaban J connectivity index is 1.10. The van der Waals surface area contributed by atoms with E-state index in [4.69, 9.17) is 16.2 Å². The van der Waals surface area contributed by atoms with E-state index < -0.39 is 89.7 Å². The Morgan fingerprint density at radius 1 is 0.714 bits per heavy atom. The molecule has 19 nitrogen and oxygen atoms in total. The van der Waals surface area contributed by atoms with Gasteiger partial charge in [0.05, 0.1) is 12.7 Å². The first kappa shape index (κ1) is 57.4. The summed E-state index contributed by atoms with van der Waals surface area (Å²) in [6, 6.07) is 21.5. The molecule has 8 atom stereocenters. The van der Waals surface area contributed by atoms with Gasteiger partial charge in [0.2, 0.25) is 35.4 Å². The fourth-order valence-electron chi connectivity index (χ4n) is 10.1. The lowest BCUT2D eigenvalue weighted by molar-refractivity contribution is -0.144. The molecule has 0 bridgehead atoms. The van der Waals surface area contributed by atoms with E-state index in [2.05, 4.69) is 33.5 Å². The van der Waals surface area contributed by atoms with Crippen LogP contribution in [0.2, 0.25) is 0 Å². The second-order valence-electron chi connectivity index (χ2n) is 20.4. The van der Waals surface area contributed by atoms with Gasteiger partial charge in [0.1, 0.15) is 47.8 Å². The quantitative estimate of drug-likeness (QED) is 0.0730. The van der Waals surface area contributed by atoms with Crippen LogP contribution in [-0.2, 0) is 35.2 Å². The first-order valence-corrected chi connectivity index (χ1v) is 27.1. The Kier molecular flexibility index (Phi) is 20.6. The van der Waals surface area contributed by atoms with Gasteiger partial charge >= 0.3 is 0 Å². The highest BCUT2D eigenvalue weighted by molar-refractivity contribution is 6.00. The summed E-state index contributed by atoms with van der Waals surface area (Å²) < 4.78 is 5.87. The van der Waals surface area contributed by atoms with E-state index in [1.165, 1.54) is 28.9 Å². The molecule has 3 fully saturated rings. The fraction of sp³-hybridized carbons (Fsp3) is 0.466. The Bertz CT molecular complexity index is 2650. The van der Waals surface area contributed by atoms with Gasteiger partial charge in [0.25, 0.3) is 5.91 Å². The van der Waals surface area contributed by atoms with E-state index in [1.54, 1.807) is 36.4 Å². The number of phenolic OH excluding ortho intramolecular Hbond substituents is 1. The third kappa shape index (κ3) is 15.4. The standard InChI is InChI=1S/C58H75N9O10/c1-3-4-5-33-77-45-27-23-41(24-28-45)39-17-15-38(16-18-39)40-19-21-42(22-20-40)52(70)62-46-10-7-31-61-55(73)50-34-43(60)35-67(50)57(75)48(9-6-30-59)64-53(71)47(29-14-37-12-25-44(69)26-13-37)63-56(74)49-11-8-32-66(49)58(76)51(36(2)68)65-54(46)72/h12-13,15-28,36,43,46-51,68-69H,3-11,14,29-35,59-60H2,1-2H3,(H,61,73)(H,62,70)(H,63,74)(H,64,71)(H,65,72)/t36?,43?,46-,47-,48-,49-,50-,51-/m0/s1. The van der Waals surface area contributed by atoms with Crippen molar-refractivity contribution in [2.75, 3.05) is 32.8 Å². The van der Waals surface area contributed by atoms with Gasteiger partial charge in [0.15, 0.2) is 0 Å². The maximum absolute atomic E-state index is 14.4. The van der Waals surface area contributed by atoms with Crippen LogP contribution < -0.4 is 42.8 Å².